The number of aryl methyl sites for hydroxylation is 1. The number of benzene rings is 1. The van der Waals surface area contributed by atoms with Crippen LogP contribution >= 0.6 is 11.6 Å². The highest BCUT2D eigenvalue weighted by Gasteiger charge is 2.12. The van der Waals surface area contributed by atoms with Crippen molar-refractivity contribution in [2.24, 2.45) is 0 Å². The number of carbonyl (C=O) groups excluding carboxylic acids is 1. The van der Waals surface area contributed by atoms with Crippen LogP contribution in [0.5, 0.6) is 0 Å². The number of halogens is 1. The quantitative estimate of drug-likeness (QED) is 0.848. The third-order valence-electron chi connectivity index (χ3n) is 2.70. The number of hydrogen-bond donors (Lipinski definition) is 1. The average Bonchev–Trinajstić information content (AvgIpc) is 2.32. The zero-order chi connectivity index (χ0) is 13.5. The lowest BCUT2D eigenvalue weighted by Crippen LogP contribution is -2.36. The van der Waals surface area contributed by atoms with Crippen LogP contribution in [0.2, 0.25) is 5.02 Å². The van der Waals surface area contributed by atoms with Gasteiger partial charge in [0.1, 0.15) is 0 Å². The van der Waals surface area contributed by atoms with E-state index in [4.69, 9.17) is 11.6 Å². The van der Waals surface area contributed by atoms with Crippen molar-refractivity contribution in [3.63, 3.8) is 0 Å². The third kappa shape index (κ3) is 4.22. The van der Waals surface area contributed by atoms with Crippen molar-refractivity contribution in [3.8, 4) is 0 Å². The van der Waals surface area contributed by atoms with Crippen LogP contribution in [-0.4, -0.2) is 24.0 Å². The zero-order valence-electron chi connectivity index (χ0n) is 11.3. The molecule has 3 nitrogen and oxygen atoms in total. The summed E-state index contributed by atoms with van der Waals surface area (Å²) in [7, 11) is 0. The van der Waals surface area contributed by atoms with Crippen LogP contribution in [0.25, 0.3) is 0 Å². The molecule has 100 valence electrons. The fraction of sp³-hybridized carbons (Fsp3) is 0.500. The first kappa shape index (κ1) is 14.8. The molecule has 1 aromatic carbocycles. The lowest BCUT2D eigenvalue weighted by molar-refractivity contribution is 0.211. The van der Waals surface area contributed by atoms with E-state index in [-0.39, 0.29) is 6.03 Å². The van der Waals surface area contributed by atoms with Crippen LogP contribution in [0.1, 0.15) is 32.3 Å². The Labute approximate surface area is 114 Å². The van der Waals surface area contributed by atoms with Gasteiger partial charge in [-0.2, -0.15) is 0 Å². The van der Waals surface area contributed by atoms with Crippen molar-refractivity contribution < 1.29 is 4.79 Å². The molecule has 0 aromatic heterocycles. The predicted octanol–water partition coefficient (Wildman–Crippen LogP) is 4.30. The predicted molar refractivity (Wildman–Crippen MR) is 77.4 cm³/mol. The molecule has 1 N–H and O–H groups in total. The Balaban J connectivity index is 2.72. The first-order valence-corrected chi connectivity index (χ1v) is 6.78. The van der Waals surface area contributed by atoms with E-state index >= 15 is 0 Å². The van der Waals surface area contributed by atoms with E-state index in [2.05, 4.69) is 19.2 Å². The largest absolute Gasteiger partial charge is 0.325 e. The smallest absolute Gasteiger partial charge is 0.321 e. The number of carbonyl (C=O) groups is 1. The van der Waals surface area contributed by atoms with E-state index in [1.165, 1.54) is 0 Å². The van der Waals surface area contributed by atoms with Gasteiger partial charge in [0.25, 0.3) is 0 Å². The molecule has 1 rings (SSSR count). The molecule has 0 unspecified atom stereocenters. The molecule has 2 amide bonds. The van der Waals surface area contributed by atoms with Crippen LogP contribution < -0.4 is 5.32 Å². The number of urea groups is 1. The Morgan fingerprint density at radius 1 is 1.28 bits per heavy atom. The summed E-state index contributed by atoms with van der Waals surface area (Å²) in [6.45, 7) is 7.65. The minimum atomic E-state index is -0.0378. The highest BCUT2D eigenvalue weighted by atomic mass is 35.5. The molecule has 1 aromatic rings. The topological polar surface area (TPSA) is 32.3 Å². The second-order valence-electron chi connectivity index (χ2n) is 4.38. The number of nitrogens with zero attached hydrogens (tertiary/aromatic N) is 1. The Morgan fingerprint density at radius 2 is 1.89 bits per heavy atom. The summed E-state index contributed by atoms with van der Waals surface area (Å²) in [6, 6.07) is 5.44. The van der Waals surface area contributed by atoms with E-state index in [0.29, 0.717) is 5.02 Å². The Morgan fingerprint density at radius 3 is 2.39 bits per heavy atom. The van der Waals surface area contributed by atoms with Gasteiger partial charge in [-0.3, -0.25) is 0 Å². The van der Waals surface area contributed by atoms with Gasteiger partial charge in [-0.05, 0) is 43.5 Å². The number of amides is 2. The lowest BCUT2D eigenvalue weighted by atomic mass is 10.2. The van der Waals surface area contributed by atoms with E-state index < -0.39 is 0 Å². The molecular weight excluding hydrogens is 248 g/mol. The maximum absolute atomic E-state index is 12.1. The highest BCUT2D eigenvalue weighted by molar-refractivity contribution is 6.30. The Bertz CT molecular complexity index is 401. The second-order valence-corrected chi connectivity index (χ2v) is 4.81. The molecule has 0 spiro atoms. The summed E-state index contributed by atoms with van der Waals surface area (Å²) in [4.78, 5) is 14.0. The second kappa shape index (κ2) is 7.27. The molecule has 0 atom stereocenters. The minimum absolute atomic E-state index is 0.0378. The SMILES string of the molecule is CCCN(CCC)C(=O)Nc1ccc(Cl)cc1C. The number of rotatable bonds is 5. The molecule has 18 heavy (non-hydrogen) atoms. The standard InChI is InChI=1S/C14H21ClN2O/c1-4-8-17(9-5-2)14(18)16-13-7-6-12(15)10-11(13)3/h6-7,10H,4-5,8-9H2,1-3H3,(H,16,18). The normalized spacial score (nSPS) is 10.2. The molecule has 0 saturated heterocycles. The summed E-state index contributed by atoms with van der Waals surface area (Å²) in [5.74, 6) is 0. The highest BCUT2D eigenvalue weighted by Crippen LogP contribution is 2.20. The van der Waals surface area contributed by atoms with Crippen LogP contribution in [0.4, 0.5) is 10.5 Å². The van der Waals surface area contributed by atoms with Gasteiger partial charge in [0.05, 0.1) is 0 Å². The third-order valence-corrected chi connectivity index (χ3v) is 2.94. The minimum Gasteiger partial charge on any atom is -0.325 e. The van der Waals surface area contributed by atoms with E-state index in [1.807, 2.05) is 24.0 Å². The monoisotopic (exact) mass is 268 g/mol. The fourth-order valence-electron chi connectivity index (χ4n) is 1.82. The van der Waals surface area contributed by atoms with Crippen LogP contribution in [0.15, 0.2) is 18.2 Å². The number of hydrogen-bond acceptors (Lipinski definition) is 1. The van der Waals surface area contributed by atoms with Crippen LogP contribution in [-0.2, 0) is 0 Å². The van der Waals surface area contributed by atoms with Crippen LogP contribution in [0.3, 0.4) is 0 Å². The molecular formula is C14H21ClN2O. The van der Waals surface area contributed by atoms with Gasteiger partial charge in [0.15, 0.2) is 0 Å². The van der Waals surface area contributed by atoms with Gasteiger partial charge in [-0.25, -0.2) is 4.79 Å². The summed E-state index contributed by atoms with van der Waals surface area (Å²) < 4.78 is 0. The zero-order valence-corrected chi connectivity index (χ0v) is 12.0. The lowest BCUT2D eigenvalue weighted by Gasteiger charge is -2.22. The molecule has 0 radical (unpaired) electrons. The van der Waals surface area contributed by atoms with E-state index in [9.17, 15) is 4.79 Å². The van der Waals surface area contributed by atoms with Crippen molar-refractivity contribution in [1.82, 2.24) is 4.90 Å². The molecule has 0 saturated carbocycles. The molecule has 0 heterocycles. The Kier molecular flexibility index (Phi) is 5.99. The maximum atomic E-state index is 12.1. The molecule has 0 aliphatic heterocycles. The molecule has 0 bridgehead atoms. The van der Waals surface area contributed by atoms with E-state index in [0.717, 1.165) is 37.2 Å². The van der Waals surface area contributed by atoms with Crippen molar-refractivity contribution in [2.45, 2.75) is 33.6 Å². The molecule has 0 fully saturated rings. The van der Waals surface area contributed by atoms with Gasteiger partial charge in [-0.15, -0.1) is 0 Å². The summed E-state index contributed by atoms with van der Waals surface area (Å²) in [5.41, 5.74) is 1.80. The fourth-order valence-corrected chi connectivity index (χ4v) is 2.04. The average molecular weight is 269 g/mol. The number of nitrogens with one attached hydrogen (secondary N) is 1. The molecule has 0 aliphatic rings. The van der Waals surface area contributed by atoms with Gasteiger partial charge < -0.3 is 10.2 Å². The summed E-state index contributed by atoms with van der Waals surface area (Å²) in [5, 5.41) is 3.62. The van der Waals surface area contributed by atoms with Crippen molar-refractivity contribution >= 4 is 23.3 Å². The summed E-state index contributed by atoms with van der Waals surface area (Å²) >= 11 is 5.89. The molecule has 4 heteroatoms. The number of anilines is 1. The summed E-state index contributed by atoms with van der Waals surface area (Å²) in [6.07, 6.45) is 1.93. The van der Waals surface area contributed by atoms with E-state index in [1.54, 1.807) is 6.07 Å². The first-order valence-electron chi connectivity index (χ1n) is 6.40. The molecule has 0 aliphatic carbocycles. The van der Waals surface area contributed by atoms with Crippen molar-refractivity contribution in [1.29, 1.82) is 0 Å². The maximum Gasteiger partial charge on any atom is 0.321 e. The van der Waals surface area contributed by atoms with Gasteiger partial charge in [0, 0.05) is 23.8 Å². The van der Waals surface area contributed by atoms with Crippen LogP contribution in [0, 0.1) is 6.92 Å². The van der Waals surface area contributed by atoms with Crippen molar-refractivity contribution in [3.05, 3.63) is 28.8 Å². The first-order chi connectivity index (χ1) is 8.58. The van der Waals surface area contributed by atoms with Gasteiger partial charge in [0.2, 0.25) is 0 Å². The Hall–Kier alpha value is -1.22. The van der Waals surface area contributed by atoms with Crippen molar-refractivity contribution in [2.75, 3.05) is 18.4 Å². The van der Waals surface area contributed by atoms with Gasteiger partial charge >= 0.3 is 6.03 Å². The van der Waals surface area contributed by atoms with Gasteiger partial charge in [-0.1, -0.05) is 25.4 Å².